The molecule has 0 radical (unpaired) electrons. The van der Waals surface area contributed by atoms with Crippen molar-refractivity contribution >= 4 is 0 Å². The van der Waals surface area contributed by atoms with E-state index in [9.17, 15) is 5.11 Å². The monoisotopic (exact) mass is 188 g/mol. The van der Waals surface area contributed by atoms with Gasteiger partial charge < -0.3 is 5.11 Å². The highest BCUT2D eigenvalue weighted by Crippen LogP contribution is 2.20. The van der Waals surface area contributed by atoms with Crippen molar-refractivity contribution in [3.8, 4) is 0 Å². The van der Waals surface area contributed by atoms with Gasteiger partial charge >= 0.3 is 0 Å². The van der Waals surface area contributed by atoms with Crippen LogP contribution in [0.25, 0.3) is 0 Å². The van der Waals surface area contributed by atoms with Crippen LogP contribution in [0, 0.1) is 6.92 Å². The highest BCUT2D eigenvalue weighted by Gasteiger charge is 2.10. The van der Waals surface area contributed by atoms with Gasteiger partial charge in [-0.25, -0.2) is 0 Å². The van der Waals surface area contributed by atoms with Gasteiger partial charge in [-0.1, -0.05) is 29.8 Å². The average molecular weight is 188 g/mol. The number of nitrogens with zero attached hydrogens (tertiary/aromatic N) is 1. The smallest absolute Gasteiger partial charge is 0.107 e. The maximum absolute atomic E-state index is 9.95. The van der Waals surface area contributed by atoms with Crippen LogP contribution in [0.4, 0.5) is 0 Å². The van der Waals surface area contributed by atoms with E-state index >= 15 is 0 Å². The third kappa shape index (κ3) is 1.67. The van der Waals surface area contributed by atoms with Crippen LogP contribution in [-0.4, -0.2) is 15.3 Å². The van der Waals surface area contributed by atoms with Gasteiger partial charge in [0.2, 0.25) is 0 Å². The Labute approximate surface area is 82.4 Å². The van der Waals surface area contributed by atoms with Crippen molar-refractivity contribution in [2.75, 3.05) is 0 Å². The van der Waals surface area contributed by atoms with Gasteiger partial charge in [-0.2, -0.15) is 5.10 Å². The Bertz CT molecular complexity index is 409. The lowest BCUT2D eigenvalue weighted by Crippen LogP contribution is -1.97. The number of aromatic amines is 1. The van der Waals surface area contributed by atoms with Gasteiger partial charge in [-0.3, -0.25) is 5.10 Å². The zero-order chi connectivity index (χ0) is 9.97. The third-order valence-electron chi connectivity index (χ3n) is 2.19. The molecule has 1 heterocycles. The molecule has 1 aromatic carbocycles. The van der Waals surface area contributed by atoms with Crippen LogP contribution in [-0.2, 0) is 0 Å². The number of aryl methyl sites for hydroxylation is 1. The molecule has 1 aromatic heterocycles. The number of H-pyrrole nitrogens is 1. The molecule has 0 fully saturated rings. The molecule has 0 amide bonds. The minimum atomic E-state index is -0.589. The first-order chi connectivity index (χ1) is 6.77. The number of aliphatic hydroxyl groups excluding tert-OH is 1. The Morgan fingerprint density at radius 2 is 2.21 bits per heavy atom. The summed E-state index contributed by atoms with van der Waals surface area (Å²) in [4.78, 5) is 0. The van der Waals surface area contributed by atoms with E-state index in [2.05, 4.69) is 10.2 Å². The molecule has 2 N–H and O–H groups in total. The van der Waals surface area contributed by atoms with Crippen molar-refractivity contribution in [2.45, 2.75) is 13.0 Å². The van der Waals surface area contributed by atoms with Crippen LogP contribution >= 0.6 is 0 Å². The standard InChI is InChI=1S/C11H12N2O/c1-8-3-2-4-9(5-8)11(14)10-6-12-13-7-10/h2-7,11,14H,1H3,(H,12,13). The fraction of sp³-hybridized carbons (Fsp3) is 0.182. The molecule has 3 heteroatoms. The van der Waals surface area contributed by atoms with Crippen LogP contribution < -0.4 is 0 Å². The van der Waals surface area contributed by atoms with Gasteiger partial charge in [0.25, 0.3) is 0 Å². The number of aromatic nitrogens is 2. The molecule has 0 aliphatic carbocycles. The van der Waals surface area contributed by atoms with Crippen molar-refractivity contribution in [1.29, 1.82) is 0 Å². The first kappa shape index (κ1) is 8.97. The zero-order valence-electron chi connectivity index (χ0n) is 7.94. The summed E-state index contributed by atoms with van der Waals surface area (Å²) in [5.74, 6) is 0. The average Bonchev–Trinajstić information content (AvgIpc) is 2.69. The molecule has 1 unspecified atom stereocenters. The number of hydrogen-bond donors (Lipinski definition) is 2. The molecule has 14 heavy (non-hydrogen) atoms. The first-order valence-corrected chi connectivity index (χ1v) is 4.50. The molecule has 1 atom stereocenters. The minimum absolute atomic E-state index is 0.589. The second-order valence-electron chi connectivity index (χ2n) is 3.35. The quantitative estimate of drug-likeness (QED) is 0.755. The molecule has 2 aromatic rings. The van der Waals surface area contributed by atoms with Gasteiger partial charge in [-0.05, 0) is 12.5 Å². The summed E-state index contributed by atoms with van der Waals surface area (Å²) in [6.07, 6.45) is 2.74. The summed E-state index contributed by atoms with van der Waals surface area (Å²) in [5.41, 5.74) is 2.83. The lowest BCUT2D eigenvalue weighted by molar-refractivity contribution is 0.220. The van der Waals surface area contributed by atoms with E-state index in [1.54, 1.807) is 12.4 Å². The Kier molecular flexibility index (Phi) is 2.33. The van der Waals surface area contributed by atoms with E-state index in [1.807, 2.05) is 31.2 Å². The minimum Gasteiger partial charge on any atom is -0.384 e. The second kappa shape index (κ2) is 3.64. The highest BCUT2D eigenvalue weighted by atomic mass is 16.3. The maximum Gasteiger partial charge on any atom is 0.107 e. The van der Waals surface area contributed by atoms with Gasteiger partial charge in [0, 0.05) is 11.8 Å². The maximum atomic E-state index is 9.95. The first-order valence-electron chi connectivity index (χ1n) is 4.50. The van der Waals surface area contributed by atoms with Crippen LogP contribution in [0.2, 0.25) is 0 Å². The molecule has 0 saturated carbocycles. The predicted octanol–water partition coefficient (Wildman–Crippen LogP) is 1.80. The summed E-state index contributed by atoms with van der Waals surface area (Å²) in [5, 5.41) is 16.4. The van der Waals surface area contributed by atoms with Crippen LogP contribution in [0.1, 0.15) is 22.8 Å². The Morgan fingerprint density at radius 1 is 1.36 bits per heavy atom. The van der Waals surface area contributed by atoms with Crippen molar-refractivity contribution < 1.29 is 5.11 Å². The Hall–Kier alpha value is -1.61. The summed E-state index contributed by atoms with van der Waals surface area (Å²) in [7, 11) is 0. The molecule has 0 aliphatic heterocycles. The number of aliphatic hydroxyl groups is 1. The Balaban J connectivity index is 2.32. The molecule has 0 aliphatic rings. The van der Waals surface area contributed by atoms with Gasteiger partial charge in [-0.15, -0.1) is 0 Å². The number of rotatable bonds is 2. The van der Waals surface area contributed by atoms with E-state index in [-0.39, 0.29) is 0 Å². The van der Waals surface area contributed by atoms with Crippen LogP contribution in [0.5, 0.6) is 0 Å². The fourth-order valence-corrected chi connectivity index (χ4v) is 1.44. The van der Waals surface area contributed by atoms with E-state index in [0.29, 0.717) is 0 Å². The van der Waals surface area contributed by atoms with E-state index in [1.165, 1.54) is 0 Å². The second-order valence-corrected chi connectivity index (χ2v) is 3.35. The van der Waals surface area contributed by atoms with E-state index in [0.717, 1.165) is 16.7 Å². The number of benzene rings is 1. The fourth-order valence-electron chi connectivity index (χ4n) is 1.44. The van der Waals surface area contributed by atoms with Gasteiger partial charge in [0.15, 0.2) is 0 Å². The van der Waals surface area contributed by atoms with Crippen LogP contribution in [0.15, 0.2) is 36.7 Å². The van der Waals surface area contributed by atoms with Crippen molar-refractivity contribution in [1.82, 2.24) is 10.2 Å². The van der Waals surface area contributed by atoms with Gasteiger partial charge in [0.05, 0.1) is 6.20 Å². The molecule has 2 rings (SSSR count). The van der Waals surface area contributed by atoms with Crippen molar-refractivity contribution in [3.63, 3.8) is 0 Å². The molecule has 0 bridgehead atoms. The predicted molar refractivity (Wildman–Crippen MR) is 53.8 cm³/mol. The van der Waals surface area contributed by atoms with Crippen LogP contribution in [0.3, 0.4) is 0 Å². The lowest BCUT2D eigenvalue weighted by atomic mass is 10.0. The third-order valence-corrected chi connectivity index (χ3v) is 2.19. The topological polar surface area (TPSA) is 48.9 Å². The number of nitrogens with one attached hydrogen (secondary N) is 1. The normalized spacial score (nSPS) is 12.7. The molecular weight excluding hydrogens is 176 g/mol. The van der Waals surface area contributed by atoms with E-state index in [4.69, 9.17) is 0 Å². The van der Waals surface area contributed by atoms with Crippen molar-refractivity contribution in [3.05, 3.63) is 53.3 Å². The SMILES string of the molecule is Cc1cccc(C(O)c2cn[nH]c2)c1. The van der Waals surface area contributed by atoms with Crippen molar-refractivity contribution in [2.24, 2.45) is 0 Å². The summed E-state index contributed by atoms with van der Waals surface area (Å²) >= 11 is 0. The summed E-state index contributed by atoms with van der Waals surface area (Å²) < 4.78 is 0. The zero-order valence-corrected chi connectivity index (χ0v) is 7.94. The largest absolute Gasteiger partial charge is 0.384 e. The highest BCUT2D eigenvalue weighted by molar-refractivity contribution is 5.29. The molecule has 0 saturated heterocycles. The lowest BCUT2D eigenvalue weighted by Gasteiger charge is -2.08. The molecule has 0 spiro atoms. The Morgan fingerprint density at radius 3 is 2.86 bits per heavy atom. The molecular formula is C11H12N2O. The number of hydrogen-bond acceptors (Lipinski definition) is 2. The van der Waals surface area contributed by atoms with Gasteiger partial charge in [0.1, 0.15) is 6.10 Å². The van der Waals surface area contributed by atoms with E-state index < -0.39 is 6.10 Å². The molecule has 3 nitrogen and oxygen atoms in total. The summed E-state index contributed by atoms with van der Waals surface area (Å²) in [6.45, 7) is 2.01. The molecule has 72 valence electrons. The summed E-state index contributed by atoms with van der Waals surface area (Å²) in [6, 6.07) is 7.82.